The zero-order valence-corrected chi connectivity index (χ0v) is 21.6. The van der Waals surface area contributed by atoms with E-state index in [1.165, 1.54) is 16.2 Å². The molecule has 2 amide bonds. The van der Waals surface area contributed by atoms with Crippen molar-refractivity contribution in [3.8, 4) is 0 Å². The number of rotatable bonds is 2. The van der Waals surface area contributed by atoms with Gasteiger partial charge in [0.1, 0.15) is 0 Å². The first kappa shape index (κ1) is 21.4. The number of aromatic nitrogens is 1. The van der Waals surface area contributed by atoms with Crippen molar-refractivity contribution in [2.75, 3.05) is 4.90 Å². The minimum atomic E-state index is -0.301. The largest absolute Gasteiger partial charge is 0.307 e. The summed E-state index contributed by atoms with van der Waals surface area (Å²) >= 11 is 12.6. The molecule has 0 spiro atoms. The number of thioether (sulfide) groups is 1. The summed E-state index contributed by atoms with van der Waals surface area (Å²) in [6.45, 7) is 0. The Morgan fingerprint density at radius 2 is 1.62 bits per heavy atom. The molecule has 1 aromatic heterocycles. The average Bonchev–Trinajstić information content (AvgIpc) is 3.54. The van der Waals surface area contributed by atoms with E-state index in [1.807, 2.05) is 12.1 Å². The van der Waals surface area contributed by atoms with Crippen molar-refractivity contribution in [3.05, 3.63) is 78.1 Å². The number of H-pyrrole nitrogens is 1. The number of hydrogen-bond donors (Lipinski definition) is 1. The molecule has 34 heavy (non-hydrogen) atoms. The highest BCUT2D eigenvalue weighted by Crippen LogP contribution is 2.68. The molecule has 0 radical (unpaired) electrons. The van der Waals surface area contributed by atoms with Crippen LogP contribution in [0.2, 0.25) is 5.02 Å². The first-order chi connectivity index (χ1) is 16.4. The number of amides is 2. The maximum atomic E-state index is 13.7. The molecule has 3 aromatic rings. The van der Waals surface area contributed by atoms with Crippen molar-refractivity contribution >= 4 is 68.1 Å². The number of carbonyl (C=O) groups is 2. The second kappa shape index (κ2) is 7.56. The lowest BCUT2D eigenvalue weighted by molar-refractivity contribution is -0.123. The van der Waals surface area contributed by atoms with Gasteiger partial charge in [0.25, 0.3) is 0 Å². The zero-order valence-electron chi connectivity index (χ0n) is 17.6. The highest BCUT2D eigenvalue weighted by molar-refractivity contribution is 9.10. The van der Waals surface area contributed by atoms with E-state index in [0.717, 1.165) is 26.4 Å². The third-order valence-electron chi connectivity index (χ3n) is 8.04. The minimum Gasteiger partial charge on any atom is -0.307 e. The van der Waals surface area contributed by atoms with Gasteiger partial charge in [0.05, 0.1) is 22.5 Å². The molecule has 2 aliphatic heterocycles. The average molecular weight is 574 g/mol. The predicted octanol–water partition coefficient (Wildman–Crippen LogP) is 5.53. The van der Waals surface area contributed by atoms with E-state index in [0.29, 0.717) is 10.7 Å². The Labute approximate surface area is 217 Å². The Balaban J connectivity index is 1.32. The predicted molar refractivity (Wildman–Crippen MR) is 137 cm³/mol. The fourth-order valence-corrected chi connectivity index (χ4v) is 10.2. The van der Waals surface area contributed by atoms with Crippen LogP contribution in [0.5, 0.6) is 0 Å². The lowest BCUT2D eigenvalue weighted by Gasteiger charge is -2.43. The molecular weight excluding hydrogens is 556 g/mol. The van der Waals surface area contributed by atoms with Gasteiger partial charge in [-0.2, -0.15) is 0 Å². The van der Waals surface area contributed by atoms with Crippen LogP contribution in [-0.2, 0) is 9.59 Å². The van der Waals surface area contributed by atoms with E-state index in [-0.39, 0.29) is 57.4 Å². The fraction of sp³-hybridized carbons (Fsp3) is 0.320. The van der Waals surface area contributed by atoms with Crippen molar-refractivity contribution in [2.45, 2.75) is 22.6 Å². The SMILES string of the molecule is O=C1C2C(C(=O)N1c1ccc(Cl)cc1)[C@@H]1C[C@H]2C2Sc3[nH]c(=O)sc3C(c3ccc(Br)cc3)C21. The Hall–Kier alpha value is -1.87. The molecule has 5 nitrogen and oxygen atoms in total. The molecule has 1 N–H and O–H groups in total. The number of halogens is 2. The number of carbonyl (C=O) groups excluding carboxylic acids is 2. The van der Waals surface area contributed by atoms with Gasteiger partial charge in [-0.1, -0.05) is 51.0 Å². The van der Waals surface area contributed by atoms with E-state index in [4.69, 9.17) is 11.6 Å². The molecule has 2 aromatic carbocycles. The molecular formula is C25H18BrClN2O3S2. The van der Waals surface area contributed by atoms with Gasteiger partial charge in [0.15, 0.2) is 0 Å². The van der Waals surface area contributed by atoms with Crippen LogP contribution >= 0.6 is 50.6 Å². The second-order valence-electron chi connectivity index (χ2n) is 9.50. The lowest BCUT2D eigenvalue weighted by atomic mass is 9.68. The van der Waals surface area contributed by atoms with E-state index >= 15 is 0 Å². The van der Waals surface area contributed by atoms with E-state index in [1.54, 1.807) is 36.0 Å². The van der Waals surface area contributed by atoms with Crippen LogP contribution in [0.1, 0.15) is 22.8 Å². The Morgan fingerprint density at radius 3 is 2.32 bits per heavy atom. The van der Waals surface area contributed by atoms with Crippen LogP contribution in [0.3, 0.4) is 0 Å². The normalized spacial score (nSPS) is 33.2. The highest BCUT2D eigenvalue weighted by atomic mass is 79.9. The molecule has 2 bridgehead atoms. The number of benzene rings is 2. The van der Waals surface area contributed by atoms with Gasteiger partial charge in [-0.25, -0.2) is 0 Å². The molecule has 4 aliphatic rings. The first-order valence-corrected chi connectivity index (χ1v) is 14.1. The zero-order chi connectivity index (χ0) is 23.3. The summed E-state index contributed by atoms with van der Waals surface area (Å²) in [5.74, 6) is -0.289. The quantitative estimate of drug-likeness (QED) is 0.409. The van der Waals surface area contributed by atoms with Crippen molar-refractivity contribution in [3.63, 3.8) is 0 Å². The van der Waals surface area contributed by atoms with Crippen molar-refractivity contribution < 1.29 is 9.59 Å². The standard InChI is InChI=1S/C25H18BrClN2O3S2/c26-11-3-1-10(2-4-11)16-17-14-9-15(20(17)33-22-21(16)34-25(32)28-22)19-18(14)23(30)29(24(19)31)13-7-5-12(27)6-8-13/h1-8,14-20H,9H2,(H,28,32)/t14-,15-,16?,17?,18?,19?,20?/m1/s1. The summed E-state index contributed by atoms with van der Waals surface area (Å²) in [7, 11) is 0. The minimum absolute atomic E-state index is 0.0433. The summed E-state index contributed by atoms with van der Waals surface area (Å²) in [5, 5.41) is 1.70. The van der Waals surface area contributed by atoms with Gasteiger partial charge < -0.3 is 4.98 Å². The summed E-state index contributed by atoms with van der Waals surface area (Å²) in [6, 6.07) is 15.2. The Bertz CT molecular complexity index is 1400. The number of aromatic amines is 1. The van der Waals surface area contributed by atoms with Gasteiger partial charge in [-0.05, 0) is 66.1 Å². The molecule has 172 valence electrons. The van der Waals surface area contributed by atoms with Crippen LogP contribution in [0.4, 0.5) is 5.69 Å². The van der Waals surface area contributed by atoms with Gasteiger partial charge >= 0.3 is 4.87 Å². The molecule has 1 saturated heterocycles. The topological polar surface area (TPSA) is 70.2 Å². The first-order valence-electron chi connectivity index (χ1n) is 11.2. The molecule has 2 saturated carbocycles. The van der Waals surface area contributed by atoms with Gasteiger partial charge in [0, 0.05) is 25.5 Å². The van der Waals surface area contributed by atoms with Crippen LogP contribution in [0.15, 0.2) is 62.8 Å². The fourth-order valence-electron chi connectivity index (χ4n) is 6.90. The number of thiazole rings is 1. The van der Waals surface area contributed by atoms with Crippen molar-refractivity contribution in [1.82, 2.24) is 4.98 Å². The molecule has 3 fully saturated rings. The van der Waals surface area contributed by atoms with Gasteiger partial charge in [0.2, 0.25) is 11.8 Å². The van der Waals surface area contributed by atoms with E-state index in [9.17, 15) is 14.4 Å². The van der Waals surface area contributed by atoms with Crippen LogP contribution in [-0.4, -0.2) is 22.0 Å². The molecule has 2 aliphatic carbocycles. The maximum Gasteiger partial charge on any atom is 0.305 e. The van der Waals surface area contributed by atoms with E-state index in [2.05, 4.69) is 33.0 Å². The number of fused-ring (bicyclic) bond motifs is 9. The van der Waals surface area contributed by atoms with Gasteiger partial charge in [-0.3, -0.25) is 19.3 Å². The molecule has 3 heterocycles. The Morgan fingerprint density at radius 1 is 0.941 bits per heavy atom. The second-order valence-corrected chi connectivity index (χ2v) is 13.1. The van der Waals surface area contributed by atoms with Crippen molar-refractivity contribution in [2.24, 2.45) is 29.6 Å². The Kier molecular flexibility index (Phi) is 4.76. The third-order valence-corrected chi connectivity index (χ3v) is 11.4. The highest BCUT2D eigenvalue weighted by Gasteiger charge is 2.69. The third kappa shape index (κ3) is 2.89. The molecule has 5 unspecified atom stereocenters. The number of anilines is 1. The lowest BCUT2D eigenvalue weighted by Crippen LogP contribution is -2.42. The number of hydrogen-bond acceptors (Lipinski definition) is 5. The van der Waals surface area contributed by atoms with E-state index < -0.39 is 0 Å². The van der Waals surface area contributed by atoms with Crippen LogP contribution < -0.4 is 9.77 Å². The monoisotopic (exact) mass is 572 g/mol. The summed E-state index contributed by atoms with van der Waals surface area (Å²) in [5.41, 5.74) is 1.75. The maximum absolute atomic E-state index is 13.7. The molecule has 7 rings (SSSR count). The summed E-state index contributed by atoms with van der Waals surface area (Å²) < 4.78 is 1.00. The smallest absolute Gasteiger partial charge is 0.305 e. The number of nitrogens with zero attached hydrogens (tertiary/aromatic N) is 1. The number of nitrogens with one attached hydrogen (secondary N) is 1. The summed E-state index contributed by atoms with van der Waals surface area (Å²) in [6.07, 6.45) is 0.885. The number of imide groups is 1. The molecule has 9 heteroatoms. The van der Waals surface area contributed by atoms with Crippen molar-refractivity contribution in [1.29, 1.82) is 0 Å². The molecule has 7 atom stereocenters. The van der Waals surface area contributed by atoms with Crippen LogP contribution in [0, 0.1) is 29.6 Å². The van der Waals surface area contributed by atoms with Crippen LogP contribution in [0.25, 0.3) is 0 Å². The van der Waals surface area contributed by atoms with Gasteiger partial charge in [-0.15, -0.1) is 11.8 Å². The summed E-state index contributed by atoms with van der Waals surface area (Å²) in [4.78, 5) is 45.1.